The molecule has 1 aromatic heterocycles. The molecule has 0 aliphatic carbocycles. The van der Waals surface area contributed by atoms with Crippen LogP contribution >= 0.6 is 15.9 Å². The number of hydrogen-bond acceptors (Lipinski definition) is 4. The second kappa shape index (κ2) is 7.23. The summed E-state index contributed by atoms with van der Waals surface area (Å²) in [5.41, 5.74) is 1.30. The van der Waals surface area contributed by atoms with Gasteiger partial charge in [0.25, 0.3) is 0 Å². The molecule has 7 heteroatoms. The van der Waals surface area contributed by atoms with E-state index in [9.17, 15) is 9.59 Å². The summed E-state index contributed by atoms with van der Waals surface area (Å²) in [6.07, 6.45) is 2.89. The third kappa shape index (κ3) is 4.19. The predicted molar refractivity (Wildman–Crippen MR) is 77.9 cm³/mol. The van der Waals surface area contributed by atoms with Gasteiger partial charge in [-0.2, -0.15) is 5.10 Å². The summed E-state index contributed by atoms with van der Waals surface area (Å²) in [7, 11) is 0. The van der Waals surface area contributed by atoms with Gasteiger partial charge in [0.1, 0.15) is 6.04 Å². The summed E-state index contributed by atoms with van der Waals surface area (Å²) in [4.78, 5) is 23.3. The van der Waals surface area contributed by atoms with Crippen LogP contribution in [0, 0.1) is 6.92 Å². The van der Waals surface area contributed by atoms with Crippen LogP contribution in [-0.2, 0) is 14.3 Å². The Hall–Kier alpha value is -1.63. The number of aromatic nitrogens is 2. The van der Waals surface area contributed by atoms with Crippen molar-refractivity contribution in [2.24, 2.45) is 0 Å². The summed E-state index contributed by atoms with van der Waals surface area (Å²) in [6, 6.07) is -0.480. The Morgan fingerprint density at radius 1 is 1.60 bits per heavy atom. The third-order valence-corrected chi connectivity index (χ3v) is 3.45. The fourth-order valence-electron chi connectivity index (χ4n) is 1.60. The molecule has 1 amide bonds. The first-order valence-corrected chi connectivity index (χ1v) is 7.01. The fourth-order valence-corrected chi connectivity index (χ4v) is 1.87. The standard InChI is InChI=1S/C13H18BrN3O3/c1-5-20-12(18)6-8(2)16-13(19)10(4)17-9(3)11(14)7-15-17/h6-7,10H,5H2,1-4H3,(H,16,19)/b8-6+. The van der Waals surface area contributed by atoms with E-state index < -0.39 is 12.0 Å². The Morgan fingerprint density at radius 2 is 2.25 bits per heavy atom. The number of amides is 1. The number of ether oxygens (including phenoxy) is 1. The van der Waals surface area contributed by atoms with Crippen LogP contribution in [0.3, 0.4) is 0 Å². The van der Waals surface area contributed by atoms with Crippen molar-refractivity contribution in [1.29, 1.82) is 0 Å². The largest absolute Gasteiger partial charge is 0.463 e. The van der Waals surface area contributed by atoms with Gasteiger partial charge in [-0.3, -0.25) is 9.48 Å². The van der Waals surface area contributed by atoms with Gasteiger partial charge < -0.3 is 10.1 Å². The zero-order valence-electron chi connectivity index (χ0n) is 11.9. The van der Waals surface area contributed by atoms with Crippen molar-refractivity contribution in [3.05, 3.63) is 28.1 Å². The lowest BCUT2D eigenvalue weighted by Gasteiger charge is -2.14. The number of halogens is 1. The smallest absolute Gasteiger partial charge is 0.332 e. The second-order valence-electron chi connectivity index (χ2n) is 4.27. The van der Waals surface area contributed by atoms with E-state index in [0.29, 0.717) is 12.3 Å². The van der Waals surface area contributed by atoms with E-state index in [1.54, 1.807) is 31.6 Å². The molecule has 0 bridgehead atoms. The van der Waals surface area contributed by atoms with Crippen LogP contribution in [0.25, 0.3) is 0 Å². The Morgan fingerprint density at radius 3 is 2.75 bits per heavy atom. The lowest BCUT2D eigenvalue weighted by Crippen LogP contribution is -2.31. The first-order valence-electron chi connectivity index (χ1n) is 6.22. The molecule has 1 heterocycles. The minimum absolute atomic E-state index is 0.248. The van der Waals surface area contributed by atoms with Gasteiger partial charge in [-0.15, -0.1) is 0 Å². The van der Waals surface area contributed by atoms with E-state index in [1.807, 2.05) is 6.92 Å². The van der Waals surface area contributed by atoms with Crippen molar-refractivity contribution in [2.45, 2.75) is 33.7 Å². The summed E-state index contributed by atoms with van der Waals surface area (Å²) >= 11 is 3.35. The monoisotopic (exact) mass is 343 g/mol. The summed E-state index contributed by atoms with van der Waals surface area (Å²) in [5.74, 6) is -0.724. The van der Waals surface area contributed by atoms with Crippen molar-refractivity contribution in [3.8, 4) is 0 Å². The molecule has 0 aliphatic rings. The molecule has 0 aliphatic heterocycles. The van der Waals surface area contributed by atoms with E-state index in [0.717, 1.165) is 10.2 Å². The summed E-state index contributed by atoms with van der Waals surface area (Å²) in [5, 5.41) is 6.78. The average molecular weight is 344 g/mol. The van der Waals surface area contributed by atoms with E-state index in [4.69, 9.17) is 4.74 Å². The molecule has 1 aromatic rings. The van der Waals surface area contributed by atoms with E-state index >= 15 is 0 Å². The number of esters is 1. The van der Waals surface area contributed by atoms with Gasteiger partial charge in [0.05, 0.1) is 23.0 Å². The Labute approximate surface area is 126 Å². The fraction of sp³-hybridized carbons (Fsp3) is 0.462. The van der Waals surface area contributed by atoms with Gasteiger partial charge in [-0.25, -0.2) is 4.79 Å². The maximum absolute atomic E-state index is 12.1. The SMILES string of the molecule is CCOC(=O)/C=C(\C)NC(=O)C(C)n1ncc(Br)c1C. The molecule has 0 radical (unpaired) electrons. The molecule has 1 N–H and O–H groups in total. The third-order valence-electron chi connectivity index (χ3n) is 2.67. The van der Waals surface area contributed by atoms with Gasteiger partial charge >= 0.3 is 5.97 Å². The lowest BCUT2D eigenvalue weighted by atomic mass is 10.3. The van der Waals surface area contributed by atoms with Crippen molar-refractivity contribution >= 4 is 27.8 Å². The van der Waals surface area contributed by atoms with Crippen LogP contribution in [0.1, 0.15) is 32.5 Å². The molecule has 0 aromatic carbocycles. The van der Waals surface area contributed by atoms with Crippen LogP contribution in [0.5, 0.6) is 0 Å². The van der Waals surface area contributed by atoms with Crippen LogP contribution < -0.4 is 5.32 Å². The van der Waals surface area contributed by atoms with Gasteiger partial charge in [0.2, 0.25) is 5.91 Å². The van der Waals surface area contributed by atoms with Crippen LogP contribution in [0.2, 0.25) is 0 Å². The van der Waals surface area contributed by atoms with Gasteiger partial charge in [0, 0.05) is 11.8 Å². The Balaban J connectivity index is 2.71. The quantitative estimate of drug-likeness (QED) is 0.656. The zero-order chi connectivity index (χ0) is 15.3. The van der Waals surface area contributed by atoms with Crippen LogP contribution in [0.4, 0.5) is 0 Å². The first kappa shape index (κ1) is 16.4. The number of nitrogens with one attached hydrogen (secondary N) is 1. The minimum atomic E-state index is -0.480. The van der Waals surface area contributed by atoms with E-state index in [2.05, 4.69) is 26.3 Å². The van der Waals surface area contributed by atoms with Crippen molar-refractivity contribution in [1.82, 2.24) is 15.1 Å². The molecule has 0 spiro atoms. The summed E-state index contributed by atoms with van der Waals surface area (Å²) < 4.78 is 7.22. The molecule has 110 valence electrons. The normalized spacial score (nSPS) is 12.9. The molecule has 1 atom stereocenters. The number of nitrogens with zero attached hydrogens (tertiary/aromatic N) is 2. The van der Waals surface area contributed by atoms with Gasteiger partial charge in [-0.1, -0.05) is 0 Å². The lowest BCUT2D eigenvalue weighted by molar-refractivity contribution is -0.137. The predicted octanol–water partition coefficient (Wildman–Crippen LogP) is 2.10. The highest BCUT2D eigenvalue weighted by Gasteiger charge is 2.18. The maximum Gasteiger partial charge on any atom is 0.332 e. The number of carbonyl (C=O) groups excluding carboxylic acids is 2. The van der Waals surface area contributed by atoms with Crippen molar-refractivity contribution in [3.63, 3.8) is 0 Å². The number of hydrogen-bond donors (Lipinski definition) is 1. The topological polar surface area (TPSA) is 73.2 Å². The highest BCUT2D eigenvalue weighted by molar-refractivity contribution is 9.10. The van der Waals surface area contributed by atoms with Crippen LogP contribution in [0.15, 0.2) is 22.4 Å². The molecule has 0 fully saturated rings. The number of allylic oxidation sites excluding steroid dienone is 1. The van der Waals surface area contributed by atoms with Crippen molar-refractivity contribution in [2.75, 3.05) is 6.61 Å². The highest BCUT2D eigenvalue weighted by Crippen LogP contribution is 2.18. The molecular weight excluding hydrogens is 326 g/mol. The molecule has 20 heavy (non-hydrogen) atoms. The second-order valence-corrected chi connectivity index (χ2v) is 5.12. The molecule has 1 rings (SSSR count). The average Bonchev–Trinajstić information content (AvgIpc) is 2.69. The molecule has 0 saturated heterocycles. The molecular formula is C13H18BrN3O3. The summed E-state index contributed by atoms with van der Waals surface area (Å²) in [6.45, 7) is 7.25. The first-order chi connectivity index (χ1) is 9.36. The van der Waals surface area contributed by atoms with Gasteiger partial charge in [0.15, 0.2) is 0 Å². The van der Waals surface area contributed by atoms with E-state index in [-0.39, 0.29) is 5.91 Å². The molecule has 1 unspecified atom stereocenters. The maximum atomic E-state index is 12.1. The molecule has 6 nitrogen and oxygen atoms in total. The van der Waals surface area contributed by atoms with E-state index in [1.165, 1.54) is 6.08 Å². The van der Waals surface area contributed by atoms with Crippen LogP contribution in [-0.4, -0.2) is 28.3 Å². The zero-order valence-corrected chi connectivity index (χ0v) is 13.5. The van der Waals surface area contributed by atoms with Crippen molar-refractivity contribution < 1.29 is 14.3 Å². The number of rotatable bonds is 5. The van der Waals surface area contributed by atoms with Gasteiger partial charge in [-0.05, 0) is 43.6 Å². The highest BCUT2D eigenvalue weighted by atomic mass is 79.9. The number of carbonyl (C=O) groups is 2. The minimum Gasteiger partial charge on any atom is -0.463 e. The Bertz CT molecular complexity index is 537. The Kier molecular flexibility index (Phi) is 5.94. The molecule has 0 saturated carbocycles.